The summed E-state index contributed by atoms with van der Waals surface area (Å²) in [4.78, 5) is 25.6. The molecule has 3 rings (SSSR count). The number of H-pyrrole nitrogens is 1. The number of rotatable bonds is 5. The number of nitrogens with one attached hydrogen (secondary N) is 2. The second-order valence-electron chi connectivity index (χ2n) is 5.57. The van der Waals surface area contributed by atoms with E-state index in [1.807, 2.05) is 30.3 Å². The fourth-order valence-electron chi connectivity index (χ4n) is 2.74. The van der Waals surface area contributed by atoms with Crippen LogP contribution in [-0.4, -0.2) is 40.0 Å². The van der Waals surface area contributed by atoms with Gasteiger partial charge in [-0.05, 0) is 5.56 Å². The lowest BCUT2D eigenvalue weighted by Gasteiger charge is -2.21. The maximum atomic E-state index is 12.8. The van der Waals surface area contributed by atoms with Gasteiger partial charge in [0.05, 0.1) is 0 Å². The van der Waals surface area contributed by atoms with Gasteiger partial charge in [-0.25, -0.2) is 0 Å². The molecule has 0 saturated heterocycles. The lowest BCUT2D eigenvalue weighted by atomic mass is 10.1. The van der Waals surface area contributed by atoms with Crippen molar-refractivity contribution in [3.63, 3.8) is 0 Å². The Morgan fingerprint density at radius 2 is 2.00 bits per heavy atom. The van der Waals surface area contributed by atoms with Crippen LogP contribution in [0.4, 0.5) is 0 Å². The summed E-state index contributed by atoms with van der Waals surface area (Å²) in [6.45, 7) is 1.64. The van der Waals surface area contributed by atoms with E-state index in [9.17, 15) is 9.59 Å². The Morgan fingerprint density at radius 1 is 1.25 bits per heavy atom. The number of halogens is 1. The molecule has 0 atom stereocenters. The SMILES string of the molecule is Cl.NC(=O)CN(Cc1ccccc1)C(=O)c1n[nH]c2c1CNCC2. The van der Waals surface area contributed by atoms with Gasteiger partial charge in [0.25, 0.3) is 5.91 Å². The number of primary amides is 1. The lowest BCUT2D eigenvalue weighted by molar-refractivity contribution is -0.118. The summed E-state index contributed by atoms with van der Waals surface area (Å²) < 4.78 is 0. The Labute approximate surface area is 146 Å². The van der Waals surface area contributed by atoms with E-state index in [2.05, 4.69) is 15.5 Å². The highest BCUT2D eigenvalue weighted by atomic mass is 35.5. The van der Waals surface area contributed by atoms with Crippen LogP contribution in [0.3, 0.4) is 0 Å². The number of hydrogen-bond acceptors (Lipinski definition) is 4. The summed E-state index contributed by atoms with van der Waals surface area (Å²) in [7, 11) is 0. The minimum absolute atomic E-state index is 0. The van der Waals surface area contributed by atoms with Crippen molar-refractivity contribution in [1.29, 1.82) is 0 Å². The molecule has 0 fully saturated rings. The van der Waals surface area contributed by atoms with Crippen molar-refractivity contribution >= 4 is 24.2 Å². The molecule has 128 valence electrons. The Kier molecular flexibility index (Phi) is 5.94. The van der Waals surface area contributed by atoms with Crippen molar-refractivity contribution in [2.45, 2.75) is 19.5 Å². The quantitative estimate of drug-likeness (QED) is 0.735. The summed E-state index contributed by atoms with van der Waals surface area (Å²) in [5.74, 6) is -0.828. The maximum Gasteiger partial charge on any atom is 0.275 e. The smallest absolute Gasteiger partial charge is 0.275 e. The Hall–Kier alpha value is -2.38. The van der Waals surface area contributed by atoms with Gasteiger partial charge in [0.1, 0.15) is 6.54 Å². The third-order valence-corrected chi connectivity index (χ3v) is 3.86. The van der Waals surface area contributed by atoms with Gasteiger partial charge < -0.3 is 16.0 Å². The molecule has 2 amide bonds. The van der Waals surface area contributed by atoms with Crippen LogP contribution in [0.15, 0.2) is 30.3 Å². The molecule has 24 heavy (non-hydrogen) atoms. The normalized spacial score (nSPS) is 12.8. The predicted molar refractivity (Wildman–Crippen MR) is 91.6 cm³/mol. The highest BCUT2D eigenvalue weighted by Crippen LogP contribution is 2.18. The largest absolute Gasteiger partial charge is 0.368 e. The van der Waals surface area contributed by atoms with Gasteiger partial charge in [-0.3, -0.25) is 14.7 Å². The number of aromatic nitrogens is 2. The molecule has 7 nitrogen and oxygen atoms in total. The van der Waals surface area contributed by atoms with E-state index in [-0.39, 0.29) is 24.9 Å². The van der Waals surface area contributed by atoms with Crippen LogP contribution in [0.25, 0.3) is 0 Å². The van der Waals surface area contributed by atoms with Crippen LogP contribution in [0, 0.1) is 0 Å². The third-order valence-electron chi connectivity index (χ3n) is 3.86. The monoisotopic (exact) mass is 349 g/mol. The van der Waals surface area contributed by atoms with Gasteiger partial charge in [0.2, 0.25) is 5.91 Å². The van der Waals surface area contributed by atoms with Crippen molar-refractivity contribution < 1.29 is 9.59 Å². The number of amides is 2. The third kappa shape index (κ3) is 3.93. The van der Waals surface area contributed by atoms with E-state index in [0.717, 1.165) is 29.8 Å². The zero-order valence-corrected chi connectivity index (χ0v) is 13.9. The number of hydrogen-bond donors (Lipinski definition) is 3. The summed E-state index contributed by atoms with van der Waals surface area (Å²) in [5, 5.41) is 10.3. The first-order valence-electron chi connectivity index (χ1n) is 7.53. The molecule has 2 heterocycles. The molecule has 4 N–H and O–H groups in total. The molecule has 1 aliphatic rings. The average Bonchev–Trinajstić information content (AvgIpc) is 2.98. The summed E-state index contributed by atoms with van der Waals surface area (Å²) >= 11 is 0. The molecule has 8 heteroatoms. The number of benzene rings is 1. The van der Waals surface area contributed by atoms with Crippen LogP contribution >= 0.6 is 12.4 Å². The van der Waals surface area contributed by atoms with Crippen molar-refractivity contribution in [1.82, 2.24) is 20.4 Å². The van der Waals surface area contributed by atoms with Gasteiger partial charge in [-0.2, -0.15) is 5.10 Å². The van der Waals surface area contributed by atoms with Gasteiger partial charge in [-0.1, -0.05) is 30.3 Å². The van der Waals surface area contributed by atoms with Crippen molar-refractivity contribution in [3.05, 3.63) is 52.8 Å². The second kappa shape index (κ2) is 7.94. The van der Waals surface area contributed by atoms with Crippen LogP contribution < -0.4 is 11.1 Å². The standard InChI is InChI=1S/C16H19N5O2.ClH/c17-14(22)10-21(9-11-4-2-1-3-5-11)16(23)15-12-8-18-7-6-13(12)19-20-15;/h1-5,18H,6-10H2,(H2,17,22)(H,19,20);1H. The fourth-order valence-corrected chi connectivity index (χ4v) is 2.74. The number of aromatic amines is 1. The molecule has 0 unspecified atom stereocenters. The first-order valence-corrected chi connectivity index (χ1v) is 7.53. The Balaban J connectivity index is 0.00000208. The van der Waals surface area contributed by atoms with E-state index in [4.69, 9.17) is 5.73 Å². The minimum atomic E-state index is -0.545. The number of fused-ring (bicyclic) bond motifs is 1. The molecule has 2 aromatic rings. The zero-order chi connectivity index (χ0) is 16.2. The van der Waals surface area contributed by atoms with Crippen molar-refractivity contribution in [2.24, 2.45) is 5.73 Å². The Morgan fingerprint density at radius 3 is 2.71 bits per heavy atom. The molecular weight excluding hydrogens is 330 g/mol. The minimum Gasteiger partial charge on any atom is -0.368 e. The van der Waals surface area contributed by atoms with E-state index in [0.29, 0.717) is 18.8 Å². The fraction of sp³-hybridized carbons (Fsp3) is 0.312. The Bertz CT molecular complexity index is 717. The van der Waals surface area contributed by atoms with E-state index < -0.39 is 5.91 Å². The first-order chi connectivity index (χ1) is 11.1. The number of carbonyl (C=O) groups is 2. The lowest BCUT2D eigenvalue weighted by Crippen LogP contribution is -2.39. The summed E-state index contributed by atoms with van der Waals surface area (Å²) in [6.07, 6.45) is 0.810. The molecule has 0 bridgehead atoms. The first kappa shape index (κ1) is 18.0. The molecular formula is C16H20ClN5O2. The molecule has 0 aliphatic carbocycles. The molecule has 1 aromatic carbocycles. The molecule has 0 radical (unpaired) electrons. The van der Waals surface area contributed by atoms with Crippen LogP contribution in [0.5, 0.6) is 0 Å². The van der Waals surface area contributed by atoms with E-state index in [1.165, 1.54) is 4.90 Å². The highest BCUT2D eigenvalue weighted by Gasteiger charge is 2.26. The number of nitrogens with two attached hydrogens (primary N) is 1. The summed E-state index contributed by atoms with van der Waals surface area (Å²) in [6, 6.07) is 9.50. The van der Waals surface area contributed by atoms with Gasteiger partial charge in [-0.15, -0.1) is 12.4 Å². The highest BCUT2D eigenvalue weighted by molar-refractivity contribution is 5.96. The molecule has 1 aromatic heterocycles. The van der Waals surface area contributed by atoms with Gasteiger partial charge in [0, 0.05) is 37.3 Å². The topological polar surface area (TPSA) is 104 Å². The average molecular weight is 350 g/mol. The number of nitrogens with zero attached hydrogens (tertiary/aromatic N) is 2. The predicted octanol–water partition coefficient (Wildman–Crippen LogP) is 0.605. The van der Waals surface area contributed by atoms with Crippen molar-refractivity contribution in [2.75, 3.05) is 13.1 Å². The van der Waals surface area contributed by atoms with E-state index in [1.54, 1.807) is 0 Å². The van der Waals surface area contributed by atoms with Crippen LogP contribution in [0.1, 0.15) is 27.3 Å². The maximum absolute atomic E-state index is 12.8. The molecule has 0 spiro atoms. The van der Waals surface area contributed by atoms with Crippen LogP contribution in [0.2, 0.25) is 0 Å². The van der Waals surface area contributed by atoms with Gasteiger partial charge in [0.15, 0.2) is 5.69 Å². The molecule has 0 saturated carbocycles. The number of carbonyl (C=O) groups excluding carboxylic acids is 2. The second-order valence-corrected chi connectivity index (χ2v) is 5.57. The summed E-state index contributed by atoms with van der Waals surface area (Å²) in [5.41, 5.74) is 8.46. The molecule has 1 aliphatic heterocycles. The van der Waals surface area contributed by atoms with Gasteiger partial charge >= 0.3 is 0 Å². The van der Waals surface area contributed by atoms with E-state index >= 15 is 0 Å². The zero-order valence-electron chi connectivity index (χ0n) is 13.1. The van der Waals surface area contributed by atoms with Crippen LogP contribution in [-0.2, 0) is 24.3 Å². The van der Waals surface area contributed by atoms with Crippen molar-refractivity contribution in [3.8, 4) is 0 Å².